The summed E-state index contributed by atoms with van der Waals surface area (Å²) in [5.41, 5.74) is 6.40. The van der Waals surface area contributed by atoms with Gasteiger partial charge in [0, 0.05) is 24.2 Å². The fourth-order valence-corrected chi connectivity index (χ4v) is 2.31. The van der Waals surface area contributed by atoms with Crippen LogP contribution in [0.3, 0.4) is 0 Å². The van der Waals surface area contributed by atoms with Crippen LogP contribution < -0.4 is 10.6 Å². The number of aromatic nitrogens is 2. The van der Waals surface area contributed by atoms with E-state index in [0.29, 0.717) is 6.54 Å². The molecule has 0 aromatic carbocycles. The number of thiophene rings is 1. The zero-order chi connectivity index (χ0) is 12.1. The average Bonchev–Trinajstić information content (AvgIpc) is 2.89. The molecule has 4 nitrogen and oxygen atoms in total. The summed E-state index contributed by atoms with van der Waals surface area (Å²) in [6.07, 6.45) is 3.50. The largest absolute Gasteiger partial charge is 0.350 e. The molecule has 0 radical (unpaired) electrons. The van der Waals surface area contributed by atoms with Crippen LogP contribution in [0, 0.1) is 0 Å². The van der Waals surface area contributed by atoms with Gasteiger partial charge in [-0.1, -0.05) is 6.07 Å². The fraction of sp³-hybridized carbons (Fsp3) is 0.333. The minimum Gasteiger partial charge on any atom is -0.350 e. The smallest absolute Gasteiger partial charge is 0.147 e. The van der Waals surface area contributed by atoms with Gasteiger partial charge in [-0.3, -0.25) is 4.98 Å². The van der Waals surface area contributed by atoms with E-state index in [1.54, 1.807) is 23.7 Å². The highest BCUT2D eigenvalue weighted by Gasteiger charge is 2.08. The van der Waals surface area contributed by atoms with Crippen LogP contribution in [0.15, 0.2) is 29.9 Å². The fourth-order valence-electron chi connectivity index (χ4n) is 1.59. The van der Waals surface area contributed by atoms with Gasteiger partial charge in [0.05, 0.1) is 18.4 Å². The van der Waals surface area contributed by atoms with Crippen molar-refractivity contribution in [2.24, 2.45) is 5.73 Å². The van der Waals surface area contributed by atoms with Gasteiger partial charge in [0.15, 0.2) is 0 Å². The van der Waals surface area contributed by atoms with Crippen LogP contribution in [0.25, 0.3) is 0 Å². The molecule has 0 aliphatic heterocycles. The standard InChI is InChI=1S/C12H16N4S/c1-2-16(9-11-4-3-5-17-11)12-8-14-7-10(6-13)15-12/h3-5,7-8H,2,6,9,13H2,1H3. The third kappa shape index (κ3) is 3.01. The summed E-state index contributed by atoms with van der Waals surface area (Å²) in [6.45, 7) is 4.32. The zero-order valence-corrected chi connectivity index (χ0v) is 10.7. The van der Waals surface area contributed by atoms with Crippen molar-refractivity contribution >= 4 is 17.2 Å². The van der Waals surface area contributed by atoms with E-state index in [1.165, 1.54) is 4.88 Å². The predicted molar refractivity (Wildman–Crippen MR) is 71.0 cm³/mol. The molecule has 2 N–H and O–H groups in total. The Balaban J connectivity index is 2.16. The summed E-state index contributed by atoms with van der Waals surface area (Å²) in [4.78, 5) is 12.2. The number of hydrogen-bond acceptors (Lipinski definition) is 5. The molecule has 2 rings (SSSR count). The van der Waals surface area contributed by atoms with E-state index in [4.69, 9.17) is 5.73 Å². The summed E-state index contributed by atoms with van der Waals surface area (Å²) in [7, 11) is 0. The third-order valence-electron chi connectivity index (χ3n) is 2.51. The van der Waals surface area contributed by atoms with Crippen molar-refractivity contribution in [3.05, 3.63) is 40.5 Å². The van der Waals surface area contributed by atoms with Gasteiger partial charge in [-0.2, -0.15) is 0 Å². The van der Waals surface area contributed by atoms with E-state index in [1.807, 2.05) is 0 Å². The summed E-state index contributed by atoms with van der Waals surface area (Å²) in [6, 6.07) is 4.20. The van der Waals surface area contributed by atoms with Crippen molar-refractivity contribution in [2.75, 3.05) is 11.4 Å². The Morgan fingerprint density at radius 3 is 2.94 bits per heavy atom. The van der Waals surface area contributed by atoms with Gasteiger partial charge in [0.25, 0.3) is 0 Å². The van der Waals surface area contributed by atoms with Gasteiger partial charge in [0.1, 0.15) is 5.82 Å². The molecular formula is C12H16N4S. The first-order valence-electron chi connectivity index (χ1n) is 5.61. The first kappa shape index (κ1) is 12.0. The number of rotatable bonds is 5. The second kappa shape index (κ2) is 5.75. The third-order valence-corrected chi connectivity index (χ3v) is 3.37. The highest BCUT2D eigenvalue weighted by molar-refractivity contribution is 7.09. The average molecular weight is 248 g/mol. The van der Waals surface area contributed by atoms with Crippen molar-refractivity contribution < 1.29 is 0 Å². The Hall–Kier alpha value is -1.46. The van der Waals surface area contributed by atoms with E-state index in [0.717, 1.165) is 24.6 Å². The van der Waals surface area contributed by atoms with E-state index in [-0.39, 0.29) is 0 Å². The molecule has 2 aromatic rings. The Morgan fingerprint density at radius 2 is 2.29 bits per heavy atom. The summed E-state index contributed by atoms with van der Waals surface area (Å²) >= 11 is 1.76. The molecule has 2 aromatic heterocycles. The van der Waals surface area contributed by atoms with Crippen molar-refractivity contribution in [3.63, 3.8) is 0 Å². The number of nitrogens with zero attached hydrogens (tertiary/aromatic N) is 3. The molecule has 0 unspecified atom stereocenters. The van der Waals surface area contributed by atoms with Crippen LogP contribution in [-0.4, -0.2) is 16.5 Å². The van der Waals surface area contributed by atoms with Gasteiger partial charge < -0.3 is 10.6 Å². The predicted octanol–water partition coefficient (Wildman–Crippen LogP) is 2.02. The van der Waals surface area contributed by atoms with Crippen LogP contribution in [0.1, 0.15) is 17.5 Å². The summed E-state index contributed by atoms with van der Waals surface area (Å²) < 4.78 is 0. The first-order chi connectivity index (χ1) is 8.33. The van der Waals surface area contributed by atoms with Crippen molar-refractivity contribution in [1.82, 2.24) is 9.97 Å². The van der Waals surface area contributed by atoms with Crippen molar-refractivity contribution in [1.29, 1.82) is 0 Å². The minimum absolute atomic E-state index is 0.428. The lowest BCUT2D eigenvalue weighted by Crippen LogP contribution is -2.23. The maximum atomic E-state index is 5.58. The van der Waals surface area contributed by atoms with Crippen LogP contribution in [0.5, 0.6) is 0 Å². The highest BCUT2D eigenvalue weighted by atomic mass is 32.1. The maximum Gasteiger partial charge on any atom is 0.147 e. The van der Waals surface area contributed by atoms with E-state index < -0.39 is 0 Å². The van der Waals surface area contributed by atoms with E-state index in [9.17, 15) is 0 Å². The van der Waals surface area contributed by atoms with Gasteiger partial charge >= 0.3 is 0 Å². The molecule has 90 valence electrons. The monoisotopic (exact) mass is 248 g/mol. The Labute approximate surface area is 105 Å². The molecule has 17 heavy (non-hydrogen) atoms. The number of nitrogens with two attached hydrogens (primary N) is 1. The molecule has 5 heteroatoms. The lowest BCUT2D eigenvalue weighted by Gasteiger charge is -2.21. The van der Waals surface area contributed by atoms with Crippen LogP contribution in [0.2, 0.25) is 0 Å². The van der Waals surface area contributed by atoms with Crippen molar-refractivity contribution in [3.8, 4) is 0 Å². The molecule has 0 fully saturated rings. The SMILES string of the molecule is CCN(Cc1cccs1)c1cncc(CN)n1. The Bertz CT molecular complexity index is 455. The molecule has 0 aliphatic rings. The van der Waals surface area contributed by atoms with Crippen molar-refractivity contribution in [2.45, 2.75) is 20.0 Å². The zero-order valence-electron chi connectivity index (χ0n) is 9.84. The molecule has 0 saturated carbocycles. The molecule has 0 atom stereocenters. The van der Waals surface area contributed by atoms with Crippen LogP contribution in [-0.2, 0) is 13.1 Å². The Morgan fingerprint density at radius 1 is 1.41 bits per heavy atom. The lowest BCUT2D eigenvalue weighted by molar-refractivity contribution is 0.806. The topological polar surface area (TPSA) is 55.0 Å². The maximum absolute atomic E-state index is 5.58. The van der Waals surface area contributed by atoms with Gasteiger partial charge in [-0.15, -0.1) is 11.3 Å². The summed E-state index contributed by atoms with van der Waals surface area (Å²) in [5.74, 6) is 0.892. The van der Waals surface area contributed by atoms with Crippen LogP contribution in [0.4, 0.5) is 5.82 Å². The lowest BCUT2D eigenvalue weighted by atomic mass is 10.4. The molecule has 2 heterocycles. The van der Waals surface area contributed by atoms with E-state index >= 15 is 0 Å². The normalized spacial score (nSPS) is 10.5. The van der Waals surface area contributed by atoms with Gasteiger partial charge in [-0.05, 0) is 18.4 Å². The van der Waals surface area contributed by atoms with Gasteiger partial charge in [-0.25, -0.2) is 4.98 Å². The second-order valence-corrected chi connectivity index (χ2v) is 4.70. The minimum atomic E-state index is 0.428. The molecule has 0 aliphatic carbocycles. The molecule has 0 saturated heterocycles. The van der Waals surface area contributed by atoms with E-state index in [2.05, 4.69) is 39.3 Å². The number of anilines is 1. The molecule has 0 amide bonds. The summed E-state index contributed by atoms with van der Waals surface area (Å²) in [5, 5.41) is 2.09. The second-order valence-electron chi connectivity index (χ2n) is 3.67. The highest BCUT2D eigenvalue weighted by Crippen LogP contribution is 2.16. The van der Waals surface area contributed by atoms with Gasteiger partial charge in [0.2, 0.25) is 0 Å². The molecule has 0 spiro atoms. The molecular weight excluding hydrogens is 232 g/mol. The van der Waals surface area contributed by atoms with Crippen LogP contribution >= 0.6 is 11.3 Å². The number of hydrogen-bond donors (Lipinski definition) is 1. The first-order valence-corrected chi connectivity index (χ1v) is 6.49. The quantitative estimate of drug-likeness (QED) is 0.879. The molecule has 0 bridgehead atoms. The Kier molecular flexibility index (Phi) is 4.06.